The molecule has 4 heterocycles. The Kier molecular flexibility index (Phi) is 4.43. The van der Waals surface area contributed by atoms with Crippen LogP contribution in [0, 0.1) is 13.8 Å². The molecule has 134 valence electrons. The van der Waals surface area contributed by atoms with Gasteiger partial charge in [-0.25, -0.2) is 9.97 Å². The van der Waals surface area contributed by atoms with Crippen LogP contribution in [0.5, 0.6) is 0 Å². The predicted octanol–water partition coefficient (Wildman–Crippen LogP) is 1.17. The van der Waals surface area contributed by atoms with Gasteiger partial charge in [-0.15, -0.1) is 0 Å². The third-order valence-corrected chi connectivity index (χ3v) is 5.15. The quantitative estimate of drug-likeness (QED) is 0.837. The first-order valence-electron chi connectivity index (χ1n) is 9.04. The van der Waals surface area contributed by atoms with Gasteiger partial charge in [0.05, 0.1) is 24.9 Å². The maximum atomic E-state index is 12.9. The highest BCUT2D eigenvalue weighted by atomic mass is 16.5. The monoisotopic (exact) mass is 343 g/mol. The Balaban J connectivity index is 1.51. The zero-order valence-electron chi connectivity index (χ0n) is 14.9. The molecule has 7 nitrogen and oxygen atoms in total. The lowest BCUT2D eigenvalue weighted by Gasteiger charge is -2.32. The first-order valence-corrected chi connectivity index (χ1v) is 9.04. The van der Waals surface area contributed by atoms with E-state index >= 15 is 0 Å². The topological polar surface area (TPSA) is 63.0 Å². The number of carbonyl (C=O) groups excluding carboxylic acids is 1. The second-order valence-electron chi connectivity index (χ2n) is 7.01. The Morgan fingerprint density at radius 2 is 2.04 bits per heavy atom. The number of carbonyl (C=O) groups is 1. The fourth-order valence-corrected chi connectivity index (χ4v) is 3.89. The number of hydrogen-bond donors (Lipinski definition) is 0. The summed E-state index contributed by atoms with van der Waals surface area (Å²) >= 11 is 0. The van der Waals surface area contributed by atoms with Crippen molar-refractivity contribution in [1.29, 1.82) is 0 Å². The van der Waals surface area contributed by atoms with Crippen LogP contribution in [0.4, 0.5) is 0 Å². The van der Waals surface area contributed by atoms with E-state index in [1.54, 1.807) is 0 Å². The van der Waals surface area contributed by atoms with E-state index in [1.165, 1.54) is 0 Å². The number of fused-ring (bicyclic) bond motifs is 1. The summed E-state index contributed by atoms with van der Waals surface area (Å²) in [5.41, 5.74) is 3.08. The number of nitrogens with zero attached hydrogens (tertiary/aromatic N) is 5. The standard InChI is InChI=1S/C18H25N5O2/c1-13-10-14(2)23-12-15(20-18(23)19-13)11-22-5-3-4-16(22)17(24)21-6-8-25-9-7-21/h10,12,16H,3-9,11H2,1-2H3. The predicted molar refractivity (Wildman–Crippen MR) is 93.3 cm³/mol. The summed E-state index contributed by atoms with van der Waals surface area (Å²) in [5, 5.41) is 0. The van der Waals surface area contributed by atoms with Crippen LogP contribution in [-0.2, 0) is 16.1 Å². The summed E-state index contributed by atoms with van der Waals surface area (Å²) in [5.74, 6) is 0.984. The Morgan fingerprint density at radius 1 is 1.24 bits per heavy atom. The SMILES string of the molecule is Cc1cc(C)n2cc(CN3CCCC3C(=O)N3CCOCC3)nc2n1. The minimum atomic E-state index is -0.0290. The maximum absolute atomic E-state index is 12.9. The van der Waals surface area contributed by atoms with Crippen molar-refractivity contribution in [3.8, 4) is 0 Å². The average Bonchev–Trinajstić information content (AvgIpc) is 3.22. The second kappa shape index (κ2) is 6.72. The number of morpholine rings is 1. The summed E-state index contributed by atoms with van der Waals surface area (Å²) in [6, 6.07) is 2.03. The third-order valence-electron chi connectivity index (χ3n) is 5.15. The Hall–Kier alpha value is -1.99. The smallest absolute Gasteiger partial charge is 0.240 e. The highest BCUT2D eigenvalue weighted by Gasteiger charge is 2.34. The van der Waals surface area contributed by atoms with Crippen LogP contribution in [0.25, 0.3) is 5.78 Å². The number of ether oxygens (including phenoxy) is 1. The molecule has 7 heteroatoms. The van der Waals surface area contributed by atoms with Crippen LogP contribution < -0.4 is 0 Å². The fourth-order valence-electron chi connectivity index (χ4n) is 3.89. The Labute approximate surface area is 147 Å². The van der Waals surface area contributed by atoms with Gasteiger partial charge >= 0.3 is 0 Å². The van der Waals surface area contributed by atoms with E-state index in [1.807, 2.05) is 22.4 Å². The number of imidazole rings is 1. The van der Waals surface area contributed by atoms with Crippen LogP contribution in [0.15, 0.2) is 12.3 Å². The van der Waals surface area contributed by atoms with Crippen molar-refractivity contribution in [2.75, 3.05) is 32.8 Å². The molecule has 0 radical (unpaired) electrons. The van der Waals surface area contributed by atoms with Crippen molar-refractivity contribution in [2.24, 2.45) is 0 Å². The molecule has 0 spiro atoms. The van der Waals surface area contributed by atoms with Gasteiger partial charge in [0.2, 0.25) is 11.7 Å². The molecule has 0 N–H and O–H groups in total. The molecular formula is C18H25N5O2. The van der Waals surface area contributed by atoms with Crippen LogP contribution in [0.2, 0.25) is 0 Å². The number of amides is 1. The van der Waals surface area contributed by atoms with E-state index in [2.05, 4.69) is 27.9 Å². The Morgan fingerprint density at radius 3 is 2.84 bits per heavy atom. The number of likely N-dealkylation sites (tertiary alicyclic amines) is 1. The Bertz CT molecular complexity index is 781. The largest absolute Gasteiger partial charge is 0.378 e. The van der Waals surface area contributed by atoms with Gasteiger partial charge in [-0.2, -0.15) is 0 Å². The molecule has 25 heavy (non-hydrogen) atoms. The van der Waals surface area contributed by atoms with Gasteiger partial charge in [0.1, 0.15) is 0 Å². The number of aryl methyl sites for hydroxylation is 2. The van der Waals surface area contributed by atoms with Gasteiger partial charge < -0.3 is 9.64 Å². The van der Waals surface area contributed by atoms with Gasteiger partial charge in [-0.05, 0) is 39.3 Å². The highest BCUT2D eigenvalue weighted by Crippen LogP contribution is 2.22. The van der Waals surface area contributed by atoms with Crippen molar-refractivity contribution in [3.63, 3.8) is 0 Å². The number of hydrogen-bond acceptors (Lipinski definition) is 5. The van der Waals surface area contributed by atoms with E-state index in [9.17, 15) is 4.79 Å². The van der Waals surface area contributed by atoms with Gasteiger partial charge in [-0.3, -0.25) is 14.1 Å². The second-order valence-corrected chi connectivity index (χ2v) is 7.01. The average molecular weight is 343 g/mol. The molecule has 2 aromatic rings. The molecule has 2 aliphatic heterocycles. The molecule has 1 unspecified atom stereocenters. The van der Waals surface area contributed by atoms with Gasteiger partial charge in [-0.1, -0.05) is 0 Å². The molecule has 0 saturated carbocycles. The zero-order chi connectivity index (χ0) is 17.4. The van der Waals surface area contributed by atoms with E-state index in [4.69, 9.17) is 4.74 Å². The number of aromatic nitrogens is 3. The lowest BCUT2D eigenvalue weighted by molar-refractivity contribution is -0.140. The van der Waals surface area contributed by atoms with Crippen molar-refractivity contribution >= 4 is 11.7 Å². The molecule has 2 aliphatic rings. The summed E-state index contributed by atoms with van der Waals surface area (Å²) in [4.78, 5) is 26.3. The molecule has 2 fully saturated rings. The van der Waals surface area contributed by atoms with Crippen molar-refractivity contribution in [2.45, 2.75) is 39.3 Å². The summed E-state index contributed by atoms with van der Waals surface area (Å²) in [6.45, 7) is 8.40. The van der Waals surface area contributed by atoms with Crippen LogP contribution in [-0.4, -0.2) is 69.0 Å². The molecule has 2 aromatic heterocycles. The van der Waals surface area contributed by atoms with Crippen molar-refractivity contribution in [3.05, 3.63) is 29.3 Å². The van der Waals surface area contributed by atoms with Gasteiger partial charge in [0.15, 0.2) is 0 Å². The first kappa shape index (κ1) is 16.5. The van der Waals surface area contributed by atoms with Crippen molar-refractivity contribution in [1.82, 2.24) is 24.2 Å². The van der Waals surface area contributed by atoms with Gasteiger partial charge in [0, 0.05) is 37.2 Å². The molecule has 0 bridgehead atoms. The molecule has 4 rings (SSSR count). The molecular weight excluding hydrogens is 318 g/mol. The minimum absolute atomic E-state index is 0.0290. The van der Waals surface area contributed by atoms with E-state index in [0.29, 0.717) is 32.8 Å². The lowest BCUT2D eigenvalue weighted by Crippen LogP contribution is -2.49. The summed E-state index contributed by atoms with van der Waals surface area (Å²) < 4.78 is 7.39. The summed E-state index contributed by atoms with van der Waals surface area (Å²) in [7, 11) is 0. The van der Waals surface area contributed by atoms with Crippen LogP contribution in [0.1, 0.15) is 29.9 Å². The summed E-state index contributed by atoms with van der Waals surface area (Å²) in [6.07, 6.45) is 4.04. The molecule has 1 amide bonds. The minimum Gasteiger partial charge on any atom is -0.378 e. The molecule has 0 aromatic carbocycles. The fraction of sp³-hybridized carbons (Fsp3) is 0.611. The molecule has 1 atom stereocenters. The maximum Gasteiger partial charge on any atom is 0.240 e. The third kappa shape index (κ3) is 3.26. The first-order chi connectivity index (χ1) is 12.1. The lowest BCUT2D eigenvalue weighted by atomic mass is 10.2. The molecule has 2 saturated heterocycles. The normalized spacial score (nSPS) is 22.0. The highest BCUT2D eigenvalue weighted by molar-refractivity contribution is 5.82. The van der Waals surface area contributed by atoms with E-state index < -0.39 is 0 Å². The zero-order valence-corrected chi connectivity index (χ0v) is 14.9. The van der Waals surface area contributed by atoms with Gasteiger partial charge in [0.25, 0.3) is 0 Å². The van der Waals surface area contributed by atoms with E-state index in [-0.39, 0.29) is 11.9 Å². The van der Waals surface area contributed by atoms with Crippen molar-refractivity contribution < 1.29 is 9.53 Å². The van der Waals surface area contributed by atoms with Crippen LogP contribution in [0.3, 0.4) is 0 Å². The van der Waals surface area contributed by atoms with E-state index in [0.717, 1.165) is 42.2 Å². The molecule has 0 aliphatic carbocycles. The number of rotatable bonds is 3. The van der Waals surface area contributed by atoms with Crippen LogP contribution >= 0.6 is 0 Å².